The molecule has 1 fully saturated rings. The number of rotatable bonds is 2. The van der Waals surface area contributed by atoms with E-state index in [1.807, 2.05) is 0 Å². The average Bonchev–Trinajstić information content (AvgIpc) is 2.60. The minimum absolute atomic E-state index is 0.00564. The Morgan fingerprint density at radius 1 is 1.25 bits per heavy atom. The van der Waals surface area contributed by atoms with Crippen molar-refractivity contribution in [1.82, 2.24) is 14.8 Å². The second kappa shape index (κ2) is 5.68. The standard InChI is InChI=1S/C13H15N3O4/c1-15-6-3-7-16(8-11(15)17)12(18)9-4-2-5-10(14-9)13(19)20/h2,4-5H,3,6-8H2,1H3,(H,19,20). The lowest BCUT2D eigenvalue weighted by molar-refractivity contribution is -0.129. The third-order valence-corrected chi connectivity index (χ3v) is 3.15. The minimum atomic E-state index is -1.19. The van der Waals surface area contributed by atoms with E-state index in [0.717, 1.165) is 0 Å². The molecule has 0 spiro atoms. The van der Waals surface area contributed by atoms with E-state index in [1.165, 1.54) is 23.1 Å². The molecule has 0 aliphatic carbocycles. The number of carboxylic acids is 1. The van der Waals surface area contributed by atoms with Crippen molar-refractivity contribution in [1.29, 1.82) is 0 Å². The molecule has 0 radical (unpaired) electrons. The molecule has 7 nitrogen and oxygen atoms in total. The molecule has 2 rings (SSSR count). The molecule has 1 N–H and O–H groups in total. The topological polar surface area (TPSA) is 90.8 Å². The molecule has 0 aromatic carbocycles. The summed E-state index contributed by atoms with van der Waals surface area (Å²) in [5, 5.41) is 8.87. The Hall–Kier alpha value is -2.44. The monoisotopic (exact) mass is 277 g/mol. The summed E-state index contributed by atoms with van der Waals surface area (Å²) in [5.41, 5.74) is -0.142. The van der Waals surface area contributed by atoms with Gasteiger partial charge in [-0.05, 0) is 18.6 Å². The van der Waals surface area contributed by atoms with Crippen molar-refractivity contribution < 1.29 is 19.5 Å². The van der Waals surface area contributed by atoms with Crippen molar-refractivity contribution >= 4 is 17.8 Å². The first kappa shape index (κ1) is 14.0. The van der Waals surface area contributed by atoms with E-state index >= 15 is 0 Å². The number of carbonyl (C=O) groups is 3. The fraction of sp³-hybridized carbons (Fsp3) is 0.385. The van der Waals surface area contributed by atoms with Gasteiger partial charge in [0, 0.05) is 20.1 Å². The van der Waals surface area contributed by atoms with Gasteiger partial charge in [-0.3, -0.25) is 9.59 Å². The summed E-state index contributed by atoms with van der Waals surface area (Å²) in [4.78, 5) is 41.7. The summed E-state index contributed by atoms with van der Waals surface area (Å²) in [6, 6.07) is 4.24. The maximum absolute atomic E-state index is 12.3. The molecule has 0 saturated carbocycles. The molecule has 2 amide bonds. The van der Waals surface area contributed by atoms with Crippen LogP contribution in [0.4, 0.5) is 0 Å². The molecule has 7 heteroatoms. The molecule has 1 aliphatic heterocycles. The van der Waals surface area contributed by atoms with Crippen molar-refractivity contribution in [2.24, 2.45) is 0 Å². The van der Waals surface area contributed by atoms with Gasteiger partial charge in [0.1, 0.15) is 17.9 Å². The van der Waals surface area contributed by atoms with E-state index in [0.29, 0.717) is 19.5 Å². The predicted molar refractivity (Wildman–Crippen MR) is 69.4 cm³/mol. The summed E-state index contributed by atoms with van der Waals surface area (Å²) >= 11 is 0. The summed E-state index contributed by atoms with van der Waals surface area (Å²) in [6.07, 6.45) is 0.687. The van der Waals surface area contributed by atoms with Crippen molar-refractivity contribution in [3.05, 3.63) is 29.6 Å². The van der Waals surface area contributed by atoms with Gasteiger partial charge >= 0.3 is 5.97 Å². The lowest BCUT2D eigenvalue weighted by Gasteiger charge is -2.19. The van der Waals surface area contributed by atoms with Crippen LogP contribution in [-0.2, 0) is 4.79 Å². The average molecular weight is 277 g/mol. The van der Waals surface area contributed by atoms with Gasteiger partial charge in [-0.2, -0.15) is 0 Å². The number of likely N-dealkylation sites (N-methyl/N-ethyl adjacent to an activating group) is 1. The van der Waals surface area contributed by atoms with Gasteiger partial charge < -0.3 is 14.9 Å². The fourth-order valence-electron chi connectivity index (χ4n) is 1.99. The van der Waals surface area contributed by atoms with E-state index < -0.39 is 11.9 Å². The van der Waals surface area contributed by atoms with Crippen LogP contribution in [0.1, 0.15) is 27.4 Å². The Labute approximate surface area is 115 Å². The van der Waals surface area contributed by atoms with E-state index in [-0.39, 0.29) is 23.8 Å². The van der Waals surface area contributed by atoms with E-state index in [1.54, 1.807) is 11.9 Å². The molecular formula is C13H15N3O4. The van der Waals surface area contributed by atoms with Gasteiger partial charge in [0.2, 0.25) is 5.91 Å². The quantitative estimate of drug-likeness (QED) is 0.827. The molecule has 1 aromatic rings. The second-order valence-electron chi connectivity index (χ2n) is 4.61. The van der Waals surface area contributed by atoms with Crippen LogP contribution in [0.15, 0.2) is 18.2 Å². The SMILES string of the molecule is CN1CCCN(C(=O)c2cccc(C(=O)O)n2)CC1=O. The predicted octanol–water partition coefficient (Wildman–Crippen LogP) is 0.0841. The van der Waals surface area contributed by atoms with E-state index in [4.69, 9.17) is 5.11 Å². The van der Waals surface area contributed by atoms with Crippen LogP contribution in [-0.4, -0.2) is 64.4 Å². The van der Waals surface area contributed by atoms with Gasteiger partial charge in [-0.15, -0.1) is 0 Å². The van der Waals surface area contributed by atoms with E-state index in [2.05, 4.69) is 4.98 Å². The molecule has 0 atom stereocenters. The highest BCUT2D eigenvalue weighted by atomic mass is 16.4. The molecule has 1 saturated heterocycles. The molecule has 20 heavy (non-hydrogen) atoms. The Morgan fingerprint density at radius 2 is 1.95 bits per heavy atom. The smallest absolute Gasteiger partial charge is 0.354 e. The van der Waals surface area contributed by atoms with Gasteiger partial charge in [0.05, 0.1) is 0 Å². The molecule has 106 valence electrons. The number of amides is 2. The number of aromatic nitrogens is 1. The van der Waals surface area contributed by atoms with Crippen LogP contribution in [0.3, 0.4) is 0 Å². The van der Waals surface area contributed by atoms with Gasteiger partial charge in [0.25, 0.3) is 5.91 Å². The lowest BCUT2D eigenvalue weighted by atomic mass is 10.2. The highest BCUT2D eigenvalue weighted by molar-refractivity contribution is 5.96. The third-order valence-electron chi connectivity index (χ3n) is 3.15. The summed E-state index contributed by atoms with van der Waals surface area (Å²) in [7, 11) is 1.69. The van der Waals surface area contributed by atoms with Crippen LogP contribution in [0, 0.1) is 0 Å². The number of pyridine rings is 1. The zero-order valence-corrected chi connectivity index (χ0v) is 11.1. The molecule has 0 unspecified atom stereocenters. The fourth-order valence-corrected chi connectivity index (χ4v) is 1.99. The number of hydrogen-bond acceptors (Lipinski definition) is 4. The number of nitrogens with zero attached hydrogens (tertiary/aromatic N) is 3. The third kappa shape index (κ3) is 2.93. The van der Waals surface area contributed by atoms with Gasteiger partial charge in [0.15, 0.2) is 0 Å². The van der Waals surface area contributed by atoms with Crippen LogP contribution >= 0.6 is 0 Å². The highest BCUT2D eigenvalue weighted by Gasteiger charge is 2.24. The number of carbonyl (C=O) groups excluding carboxylic acids is 2. The molecular weight excluding hydrogens is 262 g/mol. The Morgan fingerprint density at radius 3 is 2.65 bits per heavy atom. The zero-order chi connectivity index (χ0) is 14.7. The second-order valence-corrected chi connectivity index (χ2v) is 4.61. The summed E-state index contributed by atoms with van der Waals surface area (Å²) < 4.78 is 0. The number of carboxylic acid groups (broad SMARTS) is 1. The Balaban J connectivity index is 2.20. The number of aromatic carboxylic acids is 1. The van der Waals surface area contributed by atoms with Crippen molar-refractivity contribution in [3.63, 3.8) is 0 Å². The summed E-state index contributed by atoms with van der Waals surface area (Å²) in [5.74, 6) is -1.74. The largest absolute Gasteiger partial charge is 0.477 e. The maximum atomic E-state index is 12.3. The molecule has 2 heterocycles. The van der Waals surface area contributed by atoms with Crippen LogP contribution in [0.2, 0.25) is 0 Å². The van der Waals surface area contributed by atoms with Crippen LogP contribution in [0.25, 0.3) is 0 Å². The minimum Gasteiger partial charge on any atom is -0.477 e. The maximum Gasteiger partial charge on any atom is 0.354 e. The van der Waals surface area contributed by atoms with Crippen molar-refractivity contribution in [3.8, 4) is 0 Å². The van der Waals surface area contributed by atoms with Crippen molar-refractivity contribution in [2.45, 2.75) is 6.42 Å². The van der Waals surface area contributed by atoms with Crippen LogP contribution < -0.4 is 0 Å². The molecule has 0 bridgehead atoms. The van der Waals surface area contributed by atoms with Crippen molar-refractivity contribution in [2.75, 3.05) is 26.7 Å². The Kier molecular flexibility index (Phi) is 3.97. The lowest BCUT2D eigenvalue weighted by Crippen LogP contribution is -2.38. The summed E-state index contributed by atoms with van der Waals surface area (Å²) in [6.45, 7) is 1.05. The van der Waals surface area contributed by atoms with Gasteiger partial charge in [-0.1, -0.05) is 6.07 Å². The first-order valence-electron chi connectivity index (χ1n) is 6.22. The first-order valence-corrected chi connectivity index (χ1v) is 6.22. The Bertz CT molecular complexity index is 558. The molecule has 1 aromatic heterocycles. The first-order chi connectivity index (χ1) is 9.49. The van der Waals surface area contributed by atoms with Gasteiger partial charge in [-0.25, -0.2) is 9.78 Å². The highest BCUT2D eigenvalue weighted by Crippen LogP contribution is 2.08. The van der Waals surface area contributed by atoms with Crippen LogP contribution in [0.5, 0.6) is 0 Å². The zero-order valence-electron chi connectivity index (χ0n) is 11.1. The van der Waals surface area contributed by atoms with E-state index in [9.17, 15) is 14.4 Å². The number of hydrogen-bond donors (Lipinski definition) is 1. The normalized spacial score (nSPS) is 15.9. The molecule has 1 aliphatic rings.